The first kappa shape index (κ1) is 11.8. The number of hydrogen-bond donors (Lipinski definition) is 2. The van der Waals surface area contributed by atoms with Gasteiger partial charge >= 0.3 is 6.03 Å². The van der Waals surface area contributed by atoms with E-state index in [9.17, 15) is 4.79 Å². The molecular formula is C13H19N3O. The second-order valence-electron chi connectivity index (χ2n) is 4.77. The van der Waals surface area contributed by atoms with Crippen molar-refractivity contribution in [1.82, 2.24) is 5.32 Å². The van der Waals surface area contributed by atoms with Crippen LogP contribution in [0.3, 0.4) is 0 Å². The van der Waals surface area contributed by atoms with Gasteiger partial charge in [0.25, 0.3) is 0 Å². The number of amides is 2. The largest absolute Gasteiger partial charge is 0.374 e. The highest BCUT2D eigenvalue weighted by molar-refractivity contribution is 5.90. The molecule has 0 aliphatic carbocycles. The number of carbonyl (C=O) groups excluding carboxylic acids is 1. The highest BCUT2D eigenvalue weighted by atomic mass is 16.2. The average molecular weight is 233 g/mol. The third-order valence-electron chi connectivity index (χ3n) is 2.88. The Morgan fingerprint density at radius 1 is 1.41 bits per heavy atom. The molecule has 0 radical (unpaired) electrons. The summed E-state index contributed by atoms with van der Waals surface area (Å²) in [5.74, 6) is 0. The van der Waals surface area contributed by atoms with Crippen LogP contribution < -0.4 is 15.5 Å². The number of rotatable bonds is 2. The first-order valence-corrected chi connectivity index (χ1v) is 5.98. The quantitative estimate of drug-likeness (QED) is 0.822. The van der Waals surface area contributed by atoms with Gasteiger partial charge in [-0.05, 0) is 44.0 Å². The predicted octanol–water partition coefficient (Wildman–Crippen LogP) is 2.21. The minimum Gasteiger partial charge on any atom is -0.374 e. The molecule has 17 heavy (non-hydrogen) atoms. The maximum absolute atomic E-state index is 11.6. The molecule has 0 fully saturated rings. The Balaban J connectivity index is 2.06. The van der Waals surface area contributed by atoms with Crippen molar-refractivity contribution in [3.63, 3.8) is 0 Å². The van der Waals surface area contributed by atoms with Gasteiger partial charge in [0.05, 0.1) is 0 Å². The normalized spacial score (nSPS) is 13.8. The van der Waals surface area contributed by atoms with Gasteiger partial charge in [-0.1, -0.05) is 0 Å². The molecule has 0 saturated heterocycles. The summed E-state index contributed by atoms with van der Waals surface area (Å²) >= 11 is 0. The van der Waals surface area contributed by atoms with Gasteiger partial charge in [0.1, 0.15) is 0 Å². The topological polar surface area (TPSA) is 44.4 Å². The van der Waals surface area contributed by atoms with Gasteiger partial charge in [0.2, 0.25) is 0 Å². The lowest BCUT2D eigenvalue weighted by atomic mass is 10.1. The molecule has 0 unspecified atom stereocenters. The second-order valence-corrected chi connectivity index (χ2v) is 4.77. The molecule has 2 N–H and O–H groups in total. The van der Waals surface area contributed by atoms with Gasteiger partial charge < -0.3 is 15.5 Å². The third-order valence-corrected chi connectivity index (χ3v) is 2.88. The zero-order valence-electron chi connectivity index (χ0n) is 10.6. The van der Waals surface area contributed by atoms with E-state index in [2.05, 4.69) is 34.7 Å². The van der Waals surface area contributed by atoms with Crippen LogP contribution in [-0.2, 0) is 6.42 Å². The van der Waals surface area contributed by atoms with E-state index >= 15 is 0 Å². The van der Waals surface area contributed by atoms with E-state index < -0.39 is 0 Å². The van der Waals surface area contributed by atoms with E-state index in [1.165, 1.54) is 11.3 Å². The molecule has 2 amide bonds. The fourth-order valence-corrected chi connectivity index (χ4v) is 2.07. The van der Waals surface area contributed by atoms with E-state index in [-0.39, 0.29) is 12.1 Å². The highest BCUT2D eigenvalue weighted by Crippen LogP contribution is 2.28. The summed E-state index contributed by atoms with van der Waals surface area (Å²) in [5, 5.41) is 5.66. The first-order chi connectivity index (χ1) is 8.06. The maximum Gasteiger partial charge on any atom is 0.319 e. The summed E-state index contributed by atoms with van der Waals surface area (Å²) in [6, 6.07) is 6.06. The Morgan fingerprint density at radius 2 is 2.18 bits per heavy atom. The molecule has 0 atom stereocenters. The molecule has 4 heteroatoms. The van der Waals surface area contributed by atoms with Crippen LogP contribution in [0.15, 0.2) is 18.2 Å². The van der Waals surface area contributed by atoms with Crippen LogP contribution >= 0.6 is 0 Å². The molecule has 0 saturated carbocycles. The minimum absolute atomic E-state index is 0.147. The number of benzene rings is 1. The smallest absolute Gasteiger partial charge is 0.319 e. The van der Waals surface area contributed by atoms with Crippen LogP contribution in [0.2, 0.25) is 0 Å². The van der Waals surface area contributed by atoms with Crippen molar-refractivity contribution in [1.29, 1.82) is 0 Å². The van der Waals surface area contributed by atoms with Gasteiger partial charge in [-0.3, -0.25) is 0 Å². The molecule has 0 bridgehead atoms. The Hall–Kier alpha value is -1.71. The Morgan fingerprint density at radius 3 is 2.88 bits per heavy atom. The number of anilines is 2. The zero-order chi connectivity index (χ0) is 12.4. The zero-order valence-corrected chi connectivity index (χ0v) is 10.6. The van der Waals surface area contributed by atoms with Crippen LogP contribution in [0, 0.1) is 0 Å². The lowest BCUT2D eigenvalue weighted by Crippen LogP contribution is -2.34. The molecule has 1 aliphatic rings. The van der Waals surface area contributed by atoms with Gasteiger partial charge in [-0.15, -0.1) is 0 Å². The molecule has 0 aromatic heterocycles. The number of carbonyl (C=O) groups is 1. The lowest BCUT2D eigenvalue weighted by Gasteiger charge is -2.13. The van der Waals surface area contributed by atoms with Gasteiger partial charge in [-0.25, -0.2) is 4.79 Å². The molecule has 1 heterocycles. The minimum atomic E-state index is -0.147. The summed E-state index contributed by atoms with van der Waals surface area (Å²) < 4.78 is 0. The van der Waals surface area contributed by atoms with Crippen molar-refractivity contribution in [3.05, 3.63) is 23.8 Å². The fourth-order valence-electron chi connectivity index (χ4n) is 2.07. The second kappa shape index (κ2) is 4.65. The molecule has 1 aromatic rings. The predicted molar refractivity (Wildman–Crippen MR) is 70.7 cm³/mol. The average Bonchev–Trinajstić information content (AvgIpc) is 2.58. The lowest BCUT2D eigenvalue weighted by molar-refractivity contribution is 0.250. The molecule has 4 nitrogen and oxygen atoms in total. The highest BCUT2D eigenvalue weighted by Gasteiger charge is 2.15. The molecule has 2 rings (SSSR count). The molecule has 0 spiro atoms. The van der Waals surface area contributed by atoms with Gasteiger partial charge in [-0.2, -0.15) is 0 Å². The van der Waals surface area contributed by atoms with E-state index in [0.29, 0.717) is 0 Å². The number of nitrogens with one attached hydrogen (secondary N) is 2. The number of nitrogens with zero attached hydrogens (tertiary/aromatic N) is 1. The van der Waals surface area contributed by atoms with Crippen molar-refractivity contribution in [2.24, 2.45) is 0 Å². The van der Waals surface area contributed by atoms with E-state index in [0.717, 1.165) is 18.7 Å². The molecule has 1 aliphatic heterocycles. The summed E-state index contributed by atoms with van der Waals surface area (Å²) in [4.78, 5) is 13.8. The fraction of sp³-hybridized carbons (Fsp3) is 0.462. The SMILES string of the molecule is CC(C)NC(=O)Nc1ccc2c(c1)CCN2C. The van der Waals surface area contributed by atoms with Crippen molar-refractivity contribution in [2.75, 3.05) is 23.8 Å². The van der Waals surface area contributed by atoms with Crippen molar-refractivity contribution >= 4 is 17.4 Å². The summed E-state index contributed by atoms with van der Waals surface area (Å²) in [7, 11) is 2.09. The molecule has 92 valence electrons. The summed E-state index contributed by atoms with van der Waals surface area (Å²) in [6.07, 6.45) is 1.05. The van der Waals surface area contributed by atoms with E-state index in [1.807, 2.05) is 19.9 Å². The van der Waals surface area contributed by atoms with Crippen LogP contribution in [0.4, 0.5) is 16.2 Å². The van der Waals surface area contributed by atoms with Crippen LogP contribution in [0.5, 0.6) is 0 Å². The summed E-state index contributed by atoms with van der Waals surface area (Å²) in [5.41, 5.74) is 3.42. The van der Waals surface area contributed by atoms with Crippen LogP contribution in [0.25, 0.3) is 0 Å². The maximum atomic E-state index is 11.6. The number of fused-ring (bicyclic) bond motifs is 1. The van der Waals surface area contributed by atoms with Gasteiger partial charge in [0, 0.05) is 31.0 Å². The number of likely N-dealkylation sites (N-methyl/N-ethyl adjacent to an activating group) is 1. The molecule has 1 aromatic carbocycles. The summed E-state index contributed by atoms with van der Waals surface area (Å²) in [6.45, 7) is 4.94. The van der Waals surface area contributed by atoms with Crippen molar-refractivity contribution < 1.29 is 4.79 Å². The number of hydrogen-bond acceptors (Lipinski definition) is 2. The monoisotopic (exact) mass is 233 g/mol. The standard InChI is InChI=1S/C13H19N3O/c1-9(2)14-13(17)15-11-4-5-12-10(8-11)6-7-16(12)3/h4-5,8-9H,6-7H2,1-3H3,(H2,14,15,17). The Bertz CT molecular complexity index is 429. The van der Waals surface area contributed by atoms with Crippen molar-refractivity contribution in [2.45, 2.75) is 26.3 Å². The third kappa shape index (κ3) is 2.70. The van der Waals surface area contributed by atoms with Gasteiger partial charge in [0.15, 0.2) is 0 Å². The van der Waals surface area contributed by atoms with E-state index in [1.54, 1.807) is 0 Å². The molecular weight excluding hydrogens is 214 g/mol. The van der Waals surface area contributed by atoms with Crippen LogP contribution in [0.1, 0.15) is 19.4 Å². The first-order valence-electron chi connectivity index (χ1n) is 5.98. The van der Waals surface area contributed by atoms with Crippen molar-refractivity contribution in [3.8, 4) is 0 Å². The van der Waals surface area contributed by atoms with E-state index in [4.69, 9.17) is 0 Å². The van der Waals surface area contributed by atoms with Crippen LogP contribution in [-0.4, -0.2) is 25.7 Å². The Kier molecular flexibility index (Phi) is 3.22. The number of urea groups is 1. The Labute approximate surface area is 102 Å².